The van der Waals surface area contributed by atoms with Gasteiger partial charge in [0.15, 0.2) is 0 Å². The Labute approximate surface area is 98.6 Å². The summed E-state index contributed by atoms with van der Waals surface area (Å²) in [5.41, 5.74) is 0. The Bertz CT molecular complexity index is 310. The highest BCUT2D eigenvalue weighted by molar-refractivity contribution is 7.99. The van der Waals surface area contributed by atoms with Crippen LogP contribution in [0.25, 0.3) is 0 Å². The number of amides is 1. The predicted octanol–water partition coefficient (Wildman–Crippen LogP) is -0.0295. The van der Waals surface area contributed by atoms with E-state index in [1.807, 2.05) is 6.92 Å². The molecule has 0 aromatic rings. The molecule has 2 N–H and O–H groups in total. The van der Waals surface area contributed by atoms with E-state index in [1.54, 1.807) is 0 Å². The SMILES string of the molecule is CC1NCCC1C(=O)N1CSC[C@H]1C(=O)O. The first kappa shape index (κ1) is 11.7. The molecule has 0 aromatic carbocycles. The molecule has 2 heterocycles. The van der Waals surface area contributed by atoms with Gasteiger partial charge in [-0.1, -0.05) is 0 Å². The fraction of sp³-hybridized carbons (Fsp3) is 0.800. The van der Waals surface area contributed by atoms with Gasteiger partial charge in [0, 0.05) is 11.8 Å². The highest BCUT2D eigenvalue weighted by Gasteiger charge is 2.40. The fourth-order valence-electron chi connectivity index (χ4n) is 2.27. The van der Waals surface area contributed by atoms with Gasteiger partial charge in [-0.25, -0.2) is 4.79 Å². The lowest BCUT2D eigenvalue weighted by Gasteiger charge is -2.25. The van der Waals surface area contributed by atoms with E-state index in [0.717, 1.165) is 13.0 Å². The molecule has 2 fully saturated rings. The average molecular weight is 244 g/mol. The molecule has 5 nitrogen and oxygen atoms in total. The third-order valence-electron chi connectivity index (χ3n) is 3.29. The third-order valence-corrected chi connectivity index (χ3v) is 4.31. The van der Waals surface area contributed by atoms with Gasteiger partial charge >= 0.3 is 5.97 Å². The Kier molecular flexibility index (Phi) is 3.39. The first-order valence-electron chi connectivity index (χ1n) is 5.45. The van der Waals surface area contributed by atoms with Crippen LogP contribution in [0.15, 0.2) is 0 Å². The lowest BCUT2D eigenvalue weighted by Crippen LogP contribution is -2.46. The van der Waals surface area contributed by atoms with Gasteiger partial charge in [-0.3, -0.25) is 4.79 Å². The number of hydrogen-bond acceptors (Lipinski definition) is 4. The van der Waals surface area contributed by atoms with Crippen molar-refractivity contribution in [1.82, 2.24) is 10.2 Å². The molecule has 2 unspecified atom stereocenters. The van der Waals surface area contributed by atoms with Gasteiger partial charge in [-0.2, -0.15) is 0 Å². The molecule has 0 aliphatic carbocycles. The largest absolute Gasteiger partial charge is 0.480 e. The van der Waals surface area contributed by atoms with E-state index in [4.69, 9.17) is 5.11 Å². The summed E-state index contributed by atoms with van der Waals surface area (Å²) >= 11 is 1.51. The lowest BCUT2D eigenvalue weighted by atomic mass is 10.00. The molecule has 3 atom stereocenters. The molecule has 2 saturated heterocycles. The van der Waals surface area contributed by atoms with Gasteiger partial charge in [0.2, 0.25) is 5.91 Å². The second-order valence-corrected chi connectivity index (χ2v) is 5.30. The van der Waals surface area contributed by atoms with Gasteiger partial charge in [0.05, 0.1) is 11.8 Å². The number of carbonyl (C=O) groups excluding carboxylic acids is 1. The number of carboxylic acid groups (broad SMARTS) is 1. The van der Waals surface area contributed by atoms with Crippen LogP contribution in [0.5, 0.6) is 0 Å². The standard InChI is InChI=1S/C10H16N2O3S/c1-6-7(2-3-11-6)9(13)12-5-16-4-8(12)10(14)15/h6-8,11H,2-5H2,1H3,(H,14,15)/t6?,7?,8-/m0/s1. The Morgan fingerprint density at radius 1 is 1.50 bits per heavy atom. The van der Waals surface area contributed by atoms with Crippen LogP contribution in [-0.4, -0.2) is 52.1 Å². The molecule has 0 spiro atoms. The highest BCUT2D eigenvalue weighted by atomic mass is 32.2. The van der Waals surface area contributed by atoms with Crippen LogP contribution in [0.3, 0.4) is 0 Å². The summed E-state index contributed by atoms with van der Waals surface area (Å²) in [6, 6.07) is -0.474. The Morgan fingerprint density at radius 2 is 2.25 bits per heavy atom. The molecule has 0 saturated carbocycles. The summed E-state index contributed by atoms with van der Waals surface area (Å²) in [7, 11) is 0. The highest BCUT2D eigenvalue weighted by Crippen LogP contribution is 2.26. The minimum Gasteiger partial charge on any atom is -0.480 e. The van der Waals surface area contributed by atoms with Gasteiger partial charge in [0.1, 0.15) is 6.04 Å². The van der Waals surface area contributed by atoms with Crippen LogP contribution >= 0.6 is 11.8 Å². The summed E-state index contributed by atoms with van der Waals surface area (Å²) in [5.74, 6) is 0.0710. The molecule has 16 heavy (non-hydrogen) atoms. The minimum atomic E-state index is -0.892. The summed E-state index contributed by atoms with van der Waals surface area (Å²) in [6.07, 6.45) is 0.813. The molecule has 2 aliphatic rings. The first-order chi connectivity index (χ1) is 7.61. The molecule has 2 aliphatic heterocycles. The summed E-state index contributed by atoms with van der Waals surface area (Å²) < 4.78 is 0. The molecule has 0 aromatic heterocycles. The van der Waals surface area contributed by atoms with Crippen molar-refractivity contribution in [2.45, 2.75) is 25.4 Å². The zero-order valence-electron chi connectivity index (χ0n) is 9.18. The smallest absolute Gasteiger partial charge is 0.327 e. The maximum Gasteiger partial charge on any atom is 0.327 e. The maximum absolute atomic E-state index is 12.2. The number of aliphatic carboxylic acids is 1. The number of rotatable bonds is 2. The third kappa shape index (κ3) is 2.04. The maximum atomic E-state index is 12.2. The Balaban J connectivity index is 2.06. The van der Waals surface area contributed by atoms with Crippen molar-refractivity contribution in [3.63, 3.8) is 0 Å². The van der Waals surface area contributed by atoms with Crippen molar-refractivity contribution in [2.75, 3.05) is 18.2 Å². The summed E-state index contributed by atoms with van der Waals surface area (Å²) in [5, 5.41) is 12.2. The lowest BCUT2D eigenvalue weighted by molar-refractivity contribution is -0.149. The normalized spacial score (nSPS) is 34.3. The zero-order chi connectivity index (χ0) is 11.7. The number of thioether (sulfide) groups is 1. The molecule has 90 valence electrons. The molecular weight excluding hydrogens is 228 g/mol. The van der Waals surface area contributed by atoms with E-state index in [2.05, 4.69) is 5.32 Å². The number of carboxylic acids is 1. The van der Waals surface area contributed by atoms with Crippen LogP contribution in [0, 0.1) is 5.92 Å². The van der Waals surface area contributed by atoms with Crippen molar-refractivity contribution in [3.05, 3.63) is 0 Å². The second kappa shape index (κ2) is 4.63. The first-order valence-corrected chi connectivity index (χ1v) is 6.61. The number of hydrogen-bond donors (Lipinski definition) is 2. The molecule has 2 rings (SSSR count). The fourth-order valence-corrected chi connectivity index (χ4v) is 3.43. The predicted molar refractivity (Wildman–Crippen MR) is 61.2 cm³/mol. The van der Waals surface area contributed by atoms with E-state index < -0.39 is 12.0 Å². The van der Waals surface area contributed by atoms with E-state index in [1.165, 1.54) is 16.7 Å². The van der Waals surface area contributed by atoms with E-state index in [0.29, 0.717) is 11.6 Å². The van der Waals surface area contributed by atoms with Crippen LogP contribution in [0.4, 0.5) is 0 Å². The van der Waals surface area contributed by atoms with E-state index >= 15 is 0 Å². The van der Waals surface area contributed by atoms with Crippen LogP contribution in [-0.2, 0) is 9.59 Å². The van der Waals surface area contributed by atoms with Crippen molar-refractivity contribution < 1.29 is 14.7 Å². The Morgan fingerprint density at radius 3 is 2.81 bits per heavy atom. The molecular formula is C10H16N2O3S. The second-order valence-electron chi connectivity index (χ2n) is 4.30. The summed E-state index contributed by atoms with van der Waals surface area (Å²) in [6.45, 7) is 2.82. The van der Waals surface area contributed by atoms with Crippen LogP contribution in [0.1, 0.15) is 13.3 Å². The number of nitrogens with zero attached hydrogens (tertiary/aromatic N) is 1. The number of carbonyl (C=O) groups is 2. The average Bonchev–Trinajstić information content (AvgIpc) is 2.84. The minimum absolute atomic E-state index is 0.00472. The van der Waals surface area contributed by atoms with Crippen molar-refractivity contribution in [2.24, 2.45) is 5.92 Å². The topological polar surface area (TPSA) is 69.6 Å². The van der Waals surface area contributed by atoms with Crippen LogP contribution < -0.4 is 5.32 Å². The van der Waals surface area contributed by atoms with E-state index in [-0.39, 0.29) is 17.9 Å². The van der Waals surface area contributed by atoms with Gasteiger partial charge < -0.3 is 15.3 Å². The molecule has 0 radical (unpaired) electrons. The van der Waals surface area contributed by atoms with Gasteiger partial charge in [0.25, 0.3) is 0 Å². The Hall–Kier alpha value is -0.750. The van der Waals surface area contributed by atoms with Gasteiger partial charge in [-0.15, -0.1) is 11.8 Å². The van der Waals surface area contributed by atoms with Gasteiger partial charge in [-0.05, 0) is 19.9 Å². The van der Waals surface area contributed by atoms with Crippen molar-refractivity contribution in [3.8, 4) is 0 Å². The molecule has 6 heteroatoms. The quantitative estimate of drug-likeness (QED) is 0.714. The van der Waals surface area contributed by atoms with E-state index in [9.17, 15) is 9.59 Å². The number of nitrogens with one attached hydrogen (secondary N) is 1. The molecule has 0 bridgehead atoms. The summed E-state index contributed by atoms with van der Waals surface area (Å²) in [4.78, 5) is 24.7. The van der Waals surface area contributed by atoms with Crippen LogP contribution in [0.2, 0.25) is 0 Å². The van der Waals surface area contributed by atoms with Crippen molar-refractivity contribution >= 4 is 23.6 Å². The molecule has 1 amide bonds. The van der Waals surface area contributed by atoms with Crippen molar-refractivity contribution in [1.29, 1.82) is 0 Å². The zero-order valence-corrected chi connectivity index (χ0v) is 10.00. The monoisotopic (exact) mass is 244 g/mol.